The third kappa shape index (κ3) is 3.22. The molecule has 0 aliphatic heterocycles. The molecule has 0 saturated heterocycles. The molecule has 3 rings (SSSR count). The third-order valence-corrected chi connectivity index (χ3v) is 5.98. The van der Waals surface area contributed by atoms with Crippen LogP contribution in [0.3, 0.4) is 0 Å². The number of fused-ring (bicyclic) bond motifs is 1. The Bertz CT molecular complexity index is 867. The zero-order valence-electron chi connectivity index (χ0n) is 13.2. The lowest BCUT2D eigenvalue weighted by molar-refractivity contribution is -0.139. The summed E-state index contributed by atoms with van der Waals surface area (Å²) in [5.74, 6) is -0.117. The van der Waals surface area contributed by atoms with Crippen molar-refractivity contribution in [3.8, 4) is 5.75 Å². The summed E-state index contributed by atoms with van der Waals surface area (Å²) < 4.78 is 6.06. The number of pyridine rings is 1. The van der Waals surface area contributed by atoms with Crippen LogP contribution < -0.4 is 4.74 Å². The minimum Gasteiger partial charge on any atom is -0.494 e. The van der Waals surface area contributed by atoms with Gasteiger partial charge in [-0.25, -0.2) is 4.98 Å². The van der Waals surface area contributed by atoms with E-state index in [2.05, 4.69) is 9.97 Å². The van der Waals surface area contributed by atoms with Gasteiger partial charge in [-0.1, -0.05) is 11.8 Å². The van der Waals surface area contributed by atoms with Crippen LogP contribution in [-0.2, 0) is 9.54 Å². The SMILES string of the molecule is CCOc1ccc2nc(SC(C)(C(=O)O)c3ccncc3)sc2c1. The van der Waals surface area contributed by atoms with Crippen LogP contribution in [0.4, 0.5) is 0 Å². The van der Waals surface area contributed by atoms with Gasteiger partial charge in [0, 0.05) is 12.4 Å². The van der Waals surface area contributed by atoms with Gasteiger partial charge >= 0.3 is 5.97 Å². The first-order valence-corrected chi connectivity index (χ1v) is 9.02. The molecule has 0 spiro atoms. The summed E-state index contributed by atoms with van der Waals surface area (Å²) in [6.45, 7) is 4.23. The van der Waals surface area contributed by atoms with E-state index >= 15 is 0 Å². The lowest BCUT2D eigenvalue weighted by Gasteiger charge is -2.23. The van der Waals surface area contributed by atoms with Gasteiger partial charge in [0.15, 0.2) is 4.34 Å². The molecule has 2 heterocycles. The molecule has 24 heavy (non-hydrogen) atoms. The molecule has 0 amide bonds. The van der Waals surface area contributed by atoms with Gasteiger partial charge in [-0.15, -0.1) is 11.3 Å². The average Bonchev–Trinajstić information content (AvgIpc) is 2.97. The smallest absolute Gasteiger partial charge is 0.324 e. The Balaban J connectivity index is 1.96. The fourth-order valence-corrected chi connectivity index (χ4v) is 4.75. The van der Waals surface area contributed by atoms with Crippen molar-refractivity contribution in [2.45, 2.75) is 22.9 Å². The van der Waals surface area contributed by atoms with Crippen molar-refractivity contribution >= 4 is 39.3 Å². The molecule has 124 valence electrons. The molecule has 0 bridgehead atoms. The van der Waals surface area contributed by atoms with Crippen molar-refractivity contribution in [2.75, 3.05) is 6.61 Å². The molecular formula is C17H16N2O3S2. The Kier molecular flexibility index (Phi) is 4.73. The molecule has 5 nitrogen and oxygen atoms in total. The van der Waals surface area contributed by atoms with E-state index in [-0.39, 0.29) is 0 Å². The van der Waals surface area contributed by atoms with E-state index in [1.54, 1.807) is 31.5 Å². The van der Waals surface area contributed by atoms with Crippen LogP contribution in [0.1, 0.15) is 19.4 Å². The molecule has 1 aromatic carbocycles. The first-order valence-electron chi connectivity index (χ1n) is 7.39. The minimum absolute atomic E-state index is 0.602. The number of benzene rings is 1. The molecular weight excluding hydrogens is 344 g/mol. The highest BCUT2D eigenvalue weighted by molar-refractivity contribution is 8.02. The van der Waals surface area contributed by atoms with Crippen LogP contribution in [0.5, 0.6) is 5.75 Å². The van der Waals surface area contributed by atoms with E-state index < -0.39 is 10.7 Å². The predicted octanol–water partition coefficient (Wildman–Crippen LogP) is 4.18. The summed E-state index contributed by atoms with van der Waals surface area (Å²) >= 11 is 2.71. The van der Waals surface area contributed by atoms with Crippen molar-refractivity contribution in [2.24, 2.45) is 0 Å². The molecule has 2 aromatic heterocycles. The zero-order chi connectivity index (χ0) is 17.2. The Hall–Kier alpha value is -2.12. The van der Waals surface area contributed by atoms with Gasteiger partial charge in [-0.3, -0.25) is 9.78 Å². The number of nitrogens with zero attached hydrogens (tertiary/aromatic N) is 2. The van der Waals surface area contributed by atoms with Crippen LogP contribution in [0.25, 0.3) is 10.2 Å². The number of carboxylic acids is 1. The minimum atomic E-state index is -1.13. The van der Waals surface area contributed by atoms with E-state index in [4.69, 9.17) is 4.74 Å². The van der Waals surface area contributed by atoms with Gasteiger partial charge in [-0.2, -0.15) is 0 Å². The molecule has 0 radical (unpaired) electrons. The summed E-state index contributed by atoms with van der Waals surface area (Å²) in [4.78, 5) is 20.4. The second-order valence-corrected chi connectivity index (χ2v) is 7.92. The highest BCUT2D eigenvalue weighted by atomic mass is 32.2. The highest BCUT2D eigenvalue weighted by Gasteiger charge is 2.37. The van der Waals surface area contributed by atoms with Crippen molar-refractivity contribution in [1.82, 2.24) is 9.97 Å². The number of rotatable bonds is 6. The number of hydrogen-bond acceptors (Lipinski definition) is 6. The van der Waals surface area contributed by atoms with E-state index in [1.807, 2.05) is 25.1 Å². The Morgan fingerprint density at radius 3 is 2.75 bits per heavy atom. The van der Waals surface area contributed by atoms with Gasteiger partial charge < -0.3 is 9.84 Å². The number of thioether (sulfide) groups is 1. The van der Waals surface area contributed by atoms with Crippen LogP contribution in [0.15, 0.2) is 47.1 Å². The lowest BCUT2D eigenvalue weighted by Crippen LogP contribution is -2.28. The molecule has 7 heteroatoms. The molecule has 0 aliphatic rings. The largest absolute Gasteiger partial charge is 0.494 e. The first kappa shape index (κ1) is 16.7. The summed E-state index contributed by atoms with van der Waals surface area (Å²) in [7, 11) is 0. The number of carboxylic acid groups (broad SMARTS) is 1. The predicted molar refractivity (Wildman–Crippen MR) is 95.9 cm³/mol. The number of ether oxygens (including phenoxy) is 1. The average molecular weight is 360 g/mol. The van der Waals surface area contributed by atoms with Crippen molar-refractivity contribution < 1.29 is 14.6 Å². The van der Waals surface area contributed by atoms with E-state index in [0.717, 1.165) is 16.0 Å². The van der Waals surface area contributed by atoms with E-state index in [9.17, 15) is 9.90 Å². The fraction of sp³-hybridized carbons (Fsp3) is 0.235. The van der Waals surface area contributed by atoms with Crippen LogP contribution in [-0.4, -0.2) is 27.7 Å². The summed E-state index contributed by atoms with van der Waals surface area (Å²) in [5.41, 5.74) is 1.53. The maximum absolute atomic E-state index is 11.9. The number of thiazole rings is 1. The van der Waals surface area contributed by atoms with Gasteiger partial charge in [0.25, 0.3) is 0 Å². The lowest BCUT2D eigenvalue weighted by atomic mass is 10.0. The fourth-order valence-electron chi connectivity index (χ4n) is 2.25. The van der Waals surface area contributed by atoms with Crippen LogP contribution in [0, 0.1) is 0 Å². The van der Waals surface area contributed by atoms with Crippen molar-refractivity contribution in [1.29, 1.82) is 0 Å². The van der Waals surface area contributed by atoms with Gasteiger partial charge in [0.2, 0.25) is 0 Å². The van der Waals surface area contributed by atoms with E-state index in [1.165, 1.54) is 23.1 Å². The van der Waals surface area contributed by atoms with Crippen molar-refractivity contribution in [3.63, 3.8) is 0 Å². The Labute approximate surface area is 147 Å². The quantitative estimate of drug-likeness (QED) is 0.665. The molecule has 0 aliphatic carbocycles. The molecule has 0 fully saturated rings. The van der Waals surface area contributed by atoms with Gasteiger partial charge in [0.05, 0.1) is 16.8 Å². The topological polar surface area (TPSA) is 72.3 Å². The van der Waals surface area contributed by atoms with Gasteiger partial charge in [-0.05, 0) is 49.7 Å². The summed E-state index contributed by atoms with van der Waals surface area (Å²) in [6, 6.07) is 9.15. The van der Waals surface area contributed by atoms with Crippen LogP contribution >= 0.6 is 23.1 Å². The highest BCUT2D eigenvalue weighted by Crippen LogP contribution is 2.44. The molecule has 3 aromatic rings. The normalized spacial score (nSPS) is 13.6. The van der Waals surface area contributed by atoms with Gasteiger partial charge in [0.1, 0.15) is 10.5 Å². The van der Waals surface area contributed by atoms with Crippen molar-refractivity contribution in [3.05, 3.63) is 48.3 Å². The third-order valence-electron chi connectivity index (χ3n) is 3.58. The van der Waals surface area contributed by atoms with E-state index in [0.29, 0.717) is 16.5 Å². The number of aliphatic carboxylic acids is 1. The maximum Gasteiger partial charge on any atom is 0.324 e. The molecule has 1 N–H and O–H groups in total. The standard InChI is InChI=1S/C17H16N2O3S2/c1-3-22-12-4-5-13-14(10-12)23-16(19-13)24-17(2,15(20)21)11-6-8-18-9-7-11/h4-10H,3H2,1-2H3,(H,20,21). The second kappa shape index (κ2) is 6.78. The van der Waals surface area contributed by atoms with Crippen LogP contribution in [0.2, 0.25) is 0 Å². The Morgan fingerprint density at radius 2 is 2.08 bits per heavy atom. The molecule has 1 unspecified atom stereocenters. The zero-order valence-corrected chi connectivity index (χ0v) is 14.9. The summed E-state index contributed by atoms with van der Waals surface area (Å²) in [6.07, 6.45) is 3.20. The number of aromatic nitrogens is 2. The summed E-state index contributed by atoms with van der Waals surface area (Å²) in [5, 5.41) is 9.75. The maximum atomic E-state index is 11.9. The monoisotopic (exact) mass is 360 g/mol. The Morgan fingerprint density at radius 1 is 1.33 bits per heavy atom. The molecule has 1 atom stereocenters. The first-order chi connectivity index (χ1) is 11.5. The number of hydrogen-bond donors (Lipinski definition) is 1. The second-order valence-electron chi connectivity index (χ2n) is 5.22. The number of carbonyl (C=O) groups is 1. The molecule has 0 saturated carbocycles.